The van der Waals surface area contributed by atoms with Gasteiger partial charge in [0.15, 0.2) is 0 Å². The van der Waals surface area contributed by atoms with E-state index in [1.165, 1.54) is 11.1 Å². The monoisotopic (exact) mass is 372 g/mol. The molecular weight excluding hydrogens is 342 g/mol. The first kappa shape index (κ1) is 18.9. The molecule has 0 aromatic heterocycles. The van der Waals surface area contributed by atoms with Gasteiger partial charge in [0.2, 0.25) is 0 Å². The van der Waals surface area contributed by atoms with Crippen LogP contribution in [-0.4, -0.2) is 30.7 Å². The molecule has 1 aliphatic rings. The zero-order valence-corrected chi connectivity index (χ0v) is 17.0. The predicted octanol–water partition coefficient (Wildman–Crippen LogP) is 4.93. The largest absolute Gasteiger partial charge is 0.380 e. The fourth-order valence-corrected chi connectivity index (χ4v) is 5.15. The van der Waals surface area contributed by atoms with Crippen molar-refractivity contribution in [2.45, 2.75) is 24.5 Å². The zero-order valence-electron chi connectivity index (χ0n) is 17.0. The van der Waals surface area contributed by atoms with E-state index < -0.39 is 5.60 Å². The number of aryl methyl sites for hydroxylation is 1. The van der Waals surface area contributed by atoms with Gasteiger partial charge in [0.1, 0.15) is 11.6 Å². The Kier molecular flexibility index (Phi) is 4.86. The van der Waals surface area contributed by atoms with Gasteiger partial charge in [-0.25, -0.2) is 0 Å². The molecule has 0 saturated carbocycles. The number of quaternary nitrogens is 1. The molecule has 3 aromatic carbocycles. The fourth-order valence-electron chi connectivity index (χ4n) is 5.15. The maximum atomic E-state index is 12.4. The van der Waals surface area contributed by atoms with Crippen molar-refractivity contribution in [3.05, 3.63) is 107 Å². The summed E-state index contributed by atoms with van der Waals surface area (Å²) in [5.74, 6) is 0.0761. The van der Waals surface area contributed by atoms with Crippen LogP contribution in [0.25, 0.3) is 0 Å². The minimum atomic E-state index is -1.01. The van der Waals surface area contributed by atoms with Crippen molar-refractivity contribution in [3.8, 4) is 0 Å². The predicted molar refractivity (Wildman–Crippen MR) is 115 cm³/mol. The third-order valence-electron chi connectivity index (χ3n) is 6.26. The number of benzene rings is 3. The molecule has 0 radical (unpaired) electrons. The van der Waals surface area contributed by atoms with E-state index in [1.54, 1.807) is 0 Å². The Morgan fingerprint density at radius 1 is 0.821 bits per heavy atom. The van der Waals surface area contributed by atoms with Gasteiger partial charge in [-0.15, -0.1) is 0 Å². The lowest BCUT2D eigenvalue weighted by Gasteiger charge is -2.49. The number of nitrogens with zero attached hydrogens (tertiary/aromatic N) is 1. The summed E-state index contributed by atoms with van der Waals surface area (Å²) in [5, 5.41) is 12.4. The first-order valence-electron chi connectivity index (χ1n) is 10.1. The molecule has 4 rings (SSSR count). The smallest absolute Gasteiger partial charge is 0.124 e. The minimum absolute atomic E-state index is 0.0761. The van der Waals surface area contributed by atoms with Gasteiger partial charge < -0.3 is 9.59 Å². The average molecular weight is 373 g/mol. The Morgan fingerprint density at radius 3 is 2.04 bits per heavy atom. The molecule has 0 fully saturated rings. The number of aliphatic hydroxyl groups is 1. The van der Waals surface area contributed by atoms with E-state index in [0.717, 1.165) is 28.5 Å². The summed E-state index contributed by atoms with van der Waals surface area (Å²) in [5.41, 5.74) is 3.59. The van der Waals surface area contributed by atoms with Crippen LogP contribution in [0.2, 0.25) is 0 Å². The Bertz CT molecular complexity index is 929. The fraction of sp³-hybridized carbons (Fsp3) is 0.308. The summed E-state index contributed by atoms with van der Waals surface area (Å²) in [6.07, 6.45) is 1.96. The van der Waals surface area contributed by atoms with E-state index in [9.17, 15) is 5.11 Å². The Labute approximate surface area is 168 Å². The lowest BCUT2D eigenvalue weighted by atomic mass is 9.64. The Balaban J connectivity index is 1.94. The SMILES string of the molecule is C[N+](C)(C)[C@@H](c1ccccc1)[C@@H]1CCc2ccccc2[C@@]1(O)c1ccccc1. The minimum Gasteiger partial charge on any atom is -0.380 e. The first-order chi connectivity index (χ1) is 13.4. The molecule has 3 atom stereocenters. The van der Waals surface area contributed by atoms with E-state index in [2.05, 4.69) is 87.9 Å². The summed E-state index contributed by atoms with van der Waals surface area (Å²) in [4.78, 5) is 0. The van der Waals surface area contributed by atoms with E-state index in [0.29, 0.717) is 0 Å². The van der Waals surface area contributed by atoms with Crippen LogP contribution in [-0.2, 0) is 12.0 Å². The third-order valence-corrected chi connectivity index (χ3v) is 6.26. The van der Waals surface area contributed by atoms with Crippen LogP contribution < -0.4 is 0 Å². The molecule has 0 spiro atoms. The molecule has 2 nitrogen and oxygen atoms in total. The lowest BCUT2D eigenvalue weighted by molar-refractivity contribution is -0.908. The number of rotatable bonds is 4. The second kappa shape index (κ2) is 7.20. The molecule has 0 heterocycles. The molecule has 3 aromatic rings. The number of fused-ring (bicyclic) bond motifs is 1. The molecule has 144 valence electrons. The van der Waals surface area contributed by atoms with Gasteiger partial charge >= 0.3 is 0 Å². The molecule has 28 heavy (non-hydrogen) atoms. The van der Waals surface area contributed by atoms with Crippen LogP contribution in [0, 0.1) is 5.92 Å². The van der Waals surface area contributed by atoms with E-state index in [-0.39, 0.29) is 12.0 Å². The van der Waals surface area contributed by atoms with Crippen LogP contribution in [0.3, 0.4) is 0 Å². The van der Waals surface area contributed by atoms with Crippen molar-refractivity contribution in [1.29, 1.82) is 0 Å². The molecule has 0 unspecified atom stereocenters. The van der Waals surface area contributed by atoms with Crippen LogP contribution in [0.5, 0.6) is 0 Å². The molecule has 0 aliphatic heterocycles. The highest BCUT2D eigenvalue weighted by atomic mass is 16.3. The quantitative estimate of drug-likeness (QED) is 0.644. The van der Waals surface area contributed by atoms with Gasteiger partial charge in [0.25, 0.3) is 0 Å². The van der Waals surface area contributed by atoms with Crippen molar-refractivity contribution in [3.63, 3.8) is 0 Å². The molecule has 2 heteroatoms. The summed E-state index contributed by atoms with van der Waals surface area (Å²) in [7, 11) is 6.72. The molecule has 0 amide bonds. The highest BCUT2D eigenvalue weighted by molar-refractivity contribution is 5.45. The summed E-state index contributed by atoms with van der Waals surface area (Å²) in [6, 6.07) is 29.5. The lowest BCUT2D eigenvalue weighted by Crippen LogP contribution is -2.52. The highest BCUT2D eigenvalue weighted by Crippen LogP contribution is 2.51. The first-order valence-corrected chi connectivity index (χ1v) is 10.1. The molecule has 0 saturated heterocycles. The van der Waals surface area contributed by atoms with Gasteiger partial charge in [0.05, 0.1) is 27.1 Å². The van der Waals surface area contributed by atoms with Gasteiger partial charge in [-0.1, -0.05) is 84.9 Å². The van der Waals surface area contributed by atoms with Crippen molar-refractivity contribution in [2.24, 2.45) is 5.92 Å². The summed E-state index contributed by atoms with van der Waals surface area (Å²) < 4.78 is 0.770. The maximum Gasteiger partial charge on any atom is 0.124 e. The van der Waals surface area contributed by atoms with Gasteiger partial charge in [0, 0.05) is 5.56 Å². The van der Waals surface area contributed by atoms with Gasteiger partial charge in [-0.3, -0.25) is 0 Å². The second-order valence-electron chi connectivity index (χ2n) is 8.91. The van der Waals surface area contributed by atoms with Crippen molar-refractivity contribution >= 4 is 0 Å². The van der Waals surface area contributed by atoms with E-state index >= 15 is 0 Å². The van der Waals surface area contributed by atoms with Gasteiger partial charge in [-0.2, -0.15) is 0 Å². The standard InChI is InChI=1S/C26H30NO/c1-27(2,3)25(21-13-6-4-7-14-21)24-19-18-20-12-10-11-17-23(20)26(24,28)22-15-8-5-9-16-22/h4-17,24-25,28H,18-19H2,1-3H3/q+1/t24-,25-,26-/m0/s1. The summed E-state index contributed by atoms with van der Waals surface area (Å²) >= 11 is 0. The topological polar surface area (TPSA) is 20.2 Å². The van der Waals surface area contributed by atoms with Crippen molar-refractivity contribution < 1.29 is 9.59 Å². The summed E-state index contributed by atoms with van der Waals surface area (Å²) in [6.45, 7) is 0. The normalized spacial score (nSPS) is 23.1. The average Bonchev–Trinajstić information content (AvgIpc) is 2.71. The Hall–Kier alpha value is -2.42. The molecule has 1 N–H and O–H groups in total. The highest BCUT2D eigenvalue weighted by Gasteiger charge is 2.51. The van der Waals surface area contributed by atoms with Crippen LogP contribution in [0.15, 0.2) is 84.9 Å². The van der Waals surface area contributed by atoms with Crippen LogP contribution >= 0.6 is 0 Å². The van der Waals surface area contributed by atoms with E-state index in [4.69, 9.17) is 0 Å². The van der Waals surface area contributed by atoms with Crippen molar-refractivity contribution in [2.75, 3.05) is 21.1 Å². The van der Waals surface area contributed by atoms with Gasteiger partial charge in [-0.05, 0) is 29.5 Å². The number of hydrogen-bond donors (Lipinski definition) is 1. The second-order valence-corrected chi connectivity index (χ2v) is 8.91. The maximum absolute atomic E-state index is 12.4. The molecule has 0 bridgehead atoms. The molecular formula is C26H30NO+. The number of hydrogen-bond acceptors (Lipinski definition) is 1. The molecule has 1 aliphatic carbocycles. The van der Waals surface area contributed by atoms with Crippen LogP contribution in [0.4, 0.5) is 0 Å². The van der Waals surface area contributed by atoms with E-state index in [1.807, 2.05) is 18.2 Å². The zero-order chi connectivity index (χ0) is 19.8. The van der Waals surface area contributed by atoms with Crippen molar-refractivity contribution in [1.82, 2.24) is 0 Å². The third kappa shape index (κ3) is 3.17. The van der Waals surface area contributed by atoms with Crippen LogP contribution in [0.1, 0.15) is 34.7 Å². The Morgan fingerprint density at radius 2 is 1.39 bits per heavy atom.